The Morgan fingerprint density at radius 2 is 1.87 bits per heavy atom. The Bertz CT molecular complexity index is 976. The average molecular weight is 441 g/mol. The van der Waals surface area contributed by atoms with Crippen LogP contribution >= 0.6 is 8.25 Å². The molecule has 2 aromatic carbocycles. The summed E-state index contributed by atoms with van der Waals surface area (Å²) in [5.41, 5.74) is 5.96. The fourth-order valence-electron chi connectivity index (χ4n) is 3.81. The van der Waals surface area contributed by atoms with Crippen molar-refractivity contribution in [2.75, 3.05) is 13.2 Å². The highest BCUT2D eigenvalue weighted by molar-refractivity contribution is 7.32. The van der Waals surface area contributed by atoms with E-state index in [1.54, 1.807) is 0 Å². The lowest BCUT2D eigenvalue weighted by atomic mass is 9.96. The number of hydrogen-bond donors (Lipinski definition) is 2. The number of unbranched alkanes of at least 4 members (excludes halogenated alkanes) is 3. The van der Waals surface area contributed by atoms with Gasteiger partial charge in [-0.05, 0) is 54.1 Å². The van der Waals surface area contributed by atoms with Crippen LogP contribution in [-0.4, -0.2) is 23.0 Å². The van der Waals surface area contributed by atoms with Crippen molar-refractivity contribution in [3.05, 3.63) is 65.9 Å². The maximum absolute atomic E-state index is 10.6. The summed E-state index contributed by atoms with van der Waals surface area (Å²) in [4.78, 5) is 13.3. The molecule has 166 valence electrons. The lowest BCUT2D eigenvalue weighted by Gasteiger charge is -2.12. The fraction of sp³-hybridized carbons (Fsp3) is 0.400. The third kappa shape index (κ3) is 7.26. The molecule has 6 heteroatoms. The molecule has 1 unspecified atom stereocenters. The first kappa shape index (κ1) is 23.6. The van der Waals surface area contributed by atoms with Gasteiger partial charge in [-0.1, -0.05) is 68.7 Å². The van der Waals surface area contributed by atoms with Crippen LogP contribution in [0.3, 0.4) is 0 Å². The average Bonchev–Trinajstić information content (AvgIpc) is 2.79. The Kier molecular flexibility index (Phi) is 9.70. The standard InChI is InChI=1S/C25H33N2O3P/c1-2-3-4-5-8-20-10-12-21(13-11-20)23-15-14-22(25-24(23)9-6-17-27-25)19-26-16-7-18-30-31(28)29/h6,9-15,17,26,31H,2-5,7-8,16,18-19H2,1H3,(H,28,29). The highest BCUT2D eigenvalue weighted by atomic mass is 31.1. The number of nitrogens with zero attached hydrogens (tertiary/aromatic N) is 1. The molecule has 3 rings (SSSR count). The molecule has 1 atom stereocenters. The zero-order chi connectivity index (χ0) is 21.9. The quantitative estimate of drug-likeness (QED) is 0.256. The third-order valence-electron chi connectivity index (χ3n) is 5.48. The molecule has 1 heterocycles. The van der Waals surface area contributed by atoms with Crippen LogP contribution in [0.15, 0.2) is 54.7 Å². The second-order valence-electron chi connectivity index (χ2n) is 7.82. The molecule has 0 aliphatic carbocycles. The highest BCUT2D eigenvalue weighted by Gasteiger charge is 2.09. The van der Waals surface area contributed by atoms with Crippen molar-refractivity contribution in [1.82, 2.24) is 10.3 Å². The number of pyridine rings is 1. The van der Waals surface area contributed by atoms with Gasteiger partial charge in [0.2, 0.25) is 0 Å². The van der Waals surface area contributed by atoms with E-state index >= 15 is 0 Å². The normalized spacial score (nSPS) is 12.3. The maximum atomic E-state index is 10.6. The zero-order valence-electron chi connectivity index (χ0n) is 18.3. The van der Waals surface area contributed by atoms with E-state index in [9.17, 15) is 4.57 Å². The minimum atomic E-state index is -2.83. The van der Waals surface area contributed by atoms with Crippen molar-refractivity contribution >= 4 is 19.2 Å². The molecule has 0 fully saturated rings. The molecule has 1 aromatic heterocycles. The smallest absolute Gasteiger partial charge is 0.316 e. The van der Waals surface area contributed by atoms with Crippen LogP contribution in [0.4, 0.5) is 0 Å². The molecule has 0 aliphatic rings. The number of benzene rings is 2. The number of hydrogen-bond acceptors (Lipinski definition) is 4. The van der Waals surface area contributed by atoms with Gasteiger partial charge in [-0.2, -0.15) is 0 Å². The van der Waals surface area contributed by atoms with Crippen molar-refractivity contribution in [2.24, 2.45) is 0 Å². The van der Waals surface area contributed by atoms with Crippen molar-refractivity contribution < 1.29 is 14.0 Å². The molecule has 2 N–H and O–H groups in total. The van der Waals surface area contributed by atoms with E-state index in [1.807, 2.05) is 12.3 Å². The van der Waals surface area contributed by atoms with Gasteiger partial charge in [0, 0.05) is 18.1 Å². The van der Waals surface area contributed by atoms with Crippen LogP contribution in [0, 0.1) is 0 Å². The zero-order valence-corrected chi connectivity index (χ0v) is 19.3. The summed E-state index contributed by atoms with van der Waals surface area (Å²) in [6.45, 7) is 3.94. The first-order chi connectivity index (χ1) is 15.2. The molecule has 3 aromatic rings. The molecule has 0 saturated heterocycles. The van der Waals surface area contributed by atoms with Crippen molar-refractivity contribution in [3.8, 4) is 11.1 Å². The largest absolute Gasteiger partial charge is 0.326 e. The fourth-order valence-corrected chi connectivity index (χ4v) is 4.13. The van der Waals surface area contributed by atoms with Crippen molar-refractivity contribution in [2.45, 2.75) is 52.0 Å². The van der Waals surface area contributed by atoms with E-state index < -0.39 is 8.25 Å². The Morgan fingerprint density at radius 3 is 2.65 bits per heavy atom. The van der Waals surface area contributed by atoms with Gasteiger partial charge >= 0.3 is 8.25 Å². The lowest BCUT2D eigenvalue weighted by molar-refractivity contribution is 0.276. The second kappa shape index (κ2) is 12.7. The van der Waals surface area contributed by atoms with E-state index in [-0.39, 0.29) is 6.61 Å². The van der Waals surface area contributed by atoms with Gasteiger partial charge in [0.15, 0.2) is 0 Å². The molecule has 0 spiro atoms. The minimum absolute atomic E-state index is 0.286. The van der Waals surface area contributed by atoms with E-state index in [0.29, 0.717) is 19.5 Å². The summed E-state index contributed by atoms with van der Waals surface area (Å²) in [6.07, 6.45) is 8.81. The van der Waals surface area contributed by atoms with Gasteiger partial charge in [0.1, 0.15) is 0 Å². The van der Waals surface area contributed by atoms with Gasteiger partial charge in [-0.15, -0.1) is 0 Å². The SMILES string of the molecule is CCCCCCc1ccc(-c2ccc(CNCCCO[PH](=O)O)c3ncccc23)cc1. The van der Waals surface area contributed by atoms with Crippen molar-refractivity contribution in [3.63, 3.8) is 0 Å². The highest BCUT2D eigenvalue weighted by Crippen LogP contribution is 2.30. The van der Waals surface area contributed by atoms with E-state index in [0.717, 1.165) is 22.9 Å². The molecule has 0 saturated carbocycles. The Labute approximate surface area is 185 Å². The molecule has 0 bridgehead atoms. The summed E-state index contributed by atoms with van der Waals surface area (Å²) >= 11 is 0. The topological polar surface area (TPSA) is 71.5 Å². The van der Waals surface area contributed by atoms with Crippen LogP contribution in [0.25, 0.3) is 22.0 Å². The van der Waals surface area contributed by atoms with Gasteiger partial charge in [-0.3, -0.25) is 9.55 Å². The summed E-state index contributed by atoms with van der Waals surface area (Å²) in [7, 11) is -2.83. The number of aryl methyl sites for hydroxylation is 1. The molecule has 31 heavy (non-hydrogen) atoms. The molecular weight excluding hydrogens is 407 g/mol. The number of nitrogens with one attached hydrogen (secondary N) is 1. The van der Waals surface area contributed by atoms with E-state index in [4.69, 9.17) is 9.42 Å². The van der Waals surface area contributed by atoms with Crippen LogP contribution in [0.2, 0.25) is 0 Å². The summed E-state index contributed by atoms with van der Waals surface area (Å²) in [5.74, 6) is 0. The Morgan fingerprint density at radius 1 is 1.03 bits per heavy atom. The maximum Gasteiger partial charge on any atom is 0.316 e. The van der Waals surface area contributed by atoms with E-state index in [2.05, 4.69) is 59.7 Å². The third-order valence-corrected chi connectivity index (χ3v) is 5.93. The van der Waals surface area contributed by atoms with E-state index in [1.165, 1.54) is 42.4 Å². The van der Waals surface area contributed by atoms with Crippen LogP contribution < -0.4 is 5.32 Å². The number of rotatable bonds is 13. The van der Waals surface area contributed by atoms with Crippen LogP contribution in [0.1, 0.15) is 50.2 Å². The van der Waals surface area contributed by atoms with Gasteiger partial charge in [0.25, 0.3) is 0 Å². The molecule has 0 amide bonds. The predicted molar refractivity (Wildman–Crippen MR) is 129 cm³/mol. The first-order valence-electron chi connectivity index (χ1n) is 11.2. The molecule has 0 aliphatic heterocycles. The predicted octanol–water partition coefficient (Wildman–Crippen LogP) is 5.90. The summed E-state index contributed by atoms with van der Waals surface area (Å²) < 4.78 is 15.3. The van der Waals surface area contributed by atoms with Gasteiger partial charge < -0.3 is 14.7 Å². The number of fused-ring (bicyclic) bond motifs is 1. The summed E-state index contributed by atoms with van der Waals surface area (Å²) in [6, 6.07) is 17.4. The van der Waals surface area contributed by atoms with Crippen LogP contribution in [0.5, 0.6) is 0 Å². The van der Waals surface area contributed by atoms with Gasteiger partial charge in [0.05, 0.1) is 12.1 Å². The second-order valence-corrected chi connectivity index (χ2v) is 8.64. The van der Waals surface area contributed by atoms with Gasteiger partial charge in [-0.25, -0.2) is 0 Å². The Balaban J connectivity index is 1.67. The lowest BCUT2D eigenvalue weighted by Crippen LogP contribution is -2.16. The number of aromatic nitrogens is 1. The Hall–Kier alpha value is -2.04. The van der Waals surface area contributed by atoms with Crippen molar-refractivity contribution in [1.29, 1.82) is 0 Å². The minimum Gasteiger partial charge on any atom is -0.326 e. The molecular formula is C25H33N2O3P. The molecule has 0 radical (unpaired) electrons. The monoisotopic (exact) mass is 440 g/mol. The van der Waals surface area contributed by atoms with Crippen LogP contribution in [-0.2, 0) is 22.1 Å². The summed E-state index contributed by atoms with van der Waals surface area (Å²) in [5, 5.41) is 4.52. The first-order valence-corrected chi connectivity index (χ1v) is 12.5. The molecule has 5 nitrogen and oxygen atoms in total.